The summed E-state index contributed by atoms with van der Waals surface area (Å²) in [7, 11) is 5.45. The molecule has 2 N–H and O–H groups in total. The summed E-state index contributed by atoms with van der Waals surface area (Å²) in [6.07, 6.45) is 0. The normalized spacial score (nSPS) is 23.4. The number of hydrogen-bond donors (Lipinski definition) is 1. The molecule has 0 rings (SSSR count). The Labute approximate surface area is 59.6 Å². The fourth-order valence-electron chi connectivity index (χ4n) is 0. The van der Waals surface area contributed by atoms with Crippen LogP contribution in [0, 0.1) is 0 Å². The van der Waals surface area contributed by atoms with Gasteiger partial charge in [-0.1, -0.05) is 36.4 Å². The van der Waals surface area contributed by atoms with E-state index in [0.29, 0.717) is 3.92 Å². The molecular formula is C4H9BIN. The Hall–Kier alpha value is 0.755. The maximum Gasteiger partial charge on any atom is 0.0960 e. The summed E-state index contributed by atoms with van der Waals surface area (Å²) in [4.78, 5) is 0. The minimum Gasteiger partial charge on any atom is -0.332 e. The van der Waals surface area contributed by atoms with Crippen molar-refractivity contribution in [2.24, 2.45) is 5.73 Å². The van der Waals surface area contributed by atoms with Gasteiger partial charge in [0.1, 0.15) is 0 Å². The van der Waals surface area contributed by atoms with Crippen LogP contribution in [0.5, 0.6) is 0 Å². The fourth-order valence-corrected chi connectivity index (χ4v) is 0. The van der Waals surface area contributed by atoms with Gasteiger partial charge in [-0.15, -0.1) is 0 Å². The highest BCUT2D eigenvalue weighted by atomic mass is 127. The molecule has 0 aromatic heterocycles. The van der Waals surface area contributed by atoms with Crippen LogP contribution >= 0.6 is 22.6 Å². The van der Waals surface area contributed by atoms with E-state index in [4.69, 9.17) is 13.6 Å². The molecule has 0 aliphatic heterocycles. The maximum absolute atomic E-state index is 5.45. The lowest BCUT2D eigenvalue weighted by Crippen LogP contribution is -2.43. The molecule has 0 bridgehead atoms. The first-order valence-electron chi connectivity index (χ1n) is 2.16. The zero-order valence-electron chi connectivity index (χ0n) is 4.61. The van der Waals surface area contributed by atoms with E-state index >= 15 is 0 Å². The molecule has 0 spiro atoms. The van der Waals surface area contributed by atoms with Gasteiger partial charge in [-0.25, -0.2) is 0 Å². The van der Waals surface area contributed by atoms with Crippen molar-refractivity contribution in [1.29, 1.82) is 0 Å². The fraction of sp³-hybridized carbons (Fsp3) is 1.00. The van der Waals surface area contributed by atoms with Gasteiger partial charge in [0.05, 0.1) is 7.85 Å². The Bertz CT molecular complexity index is 57.2. The van der Waals surface area contributed by atoms with E-state index in [1.165, 1.54) is 0 Å². The van der Waals surface area contributed by atoms with Crippen molar-refractivity contribution in [3.63, 3.8) is 0 Å². The van der Waals surface area contributed by atoms with E-state index in [1.54, 1.807) is 0 Å². The van der Waals surface area contributed by atoms with Gasteiger partial charge in [-0.05, 0) is 5.44 Å². The van der Waals surface area contributed by atoms with E-state index in [9.17, 15) is 0 Å². The molecule has 1 nitrogen and oxygen atoms in total. The van der Waals surface area contributed by atoms with Gasteiger partial charge in [0.2, 0.25) is 0 Å². The maximum atomic E-state index is 5.45. The Morgan fingerprint density at radius 3 is 2.00 bits per heavy atom. The SMILES string of the molecule is [B]C(C)(N)[C@H](C)I. The molecule has 0 aromatic rings. The molecule has 7 heavy (non-hydrogen) atoms. The second-order valence-corrected chi connectivity index (χ2v) is 3.85. The van der Waals surface area contributed by atoms with Gasteiger partial charge in [0, 0.05) is 3.92 Å². The molecule has 2 atom stereocenters. The van der Waals surface area contributed by atoms with Gasteiger partial charge in [-0.3, -0.25) is 0 Å². The summed E-state index contributed by atoms with van der Waals surface area (Å²) in [6, 6.07) is 0. The molecule has 3 heteroatoms. The third-order valence-electron chi connectivity index (χ3n) is 0.857. The third-order valence-corrected chi connectivity index (χ3v) is 2.20. The van der Waals surface area contributed by atoms with Crippen molar-refractivity contribution in [2.75, 3.05) is 0 Å². The largest absolute Gasteiger partial charge is 0.332 e. The Kier molecular flexibility index (Phi) is 2.60. The van der Waals surface area contributed by atoms with Crippen molar-refractivity contribution >= 4 is 30.4 Å². The molecule has 0 aliphatic rings. The second-order valence-electron chi connectivity index (χ2n) is 1.98. The van der Waals surface area contributed by atoms with Crippen molar-refractivity contribution in [3.05, 3.63) is 0 Å². The van der Waals surface area contributed by atoms with Crippen molar-refractivity contribution in [1.82, 2.24) is 0 Å². The molecular weight excluding hydrogens is 200 g/mol. The molecule has 0 saturated heterocycles. The highest BCUT2D eigenvalue weighted by Gasteiger charge is 2.15. The Morgan fingerprint density at radius 2 is 2.00 bits per heavy atom. The molecule has 0 heterocycles. The molecule has 40 valence electrons. The Balaban J connectivity index is 3.54. The molecule has 0 aromatic carbocycles. The monoisotopic (exact) mass is 209 g/mol. The van der Waals surface area contributed by atoms with Crippen molar-refractivity contribution in [3.8, 4) is 0 Å². The summed E-state index contributed by atoms with van der Waals surface area (Å²) in [5, 5.41) is 0. The smallest absolute Gasteiger partial charge is 0.0960 e. The minimum atomic E-state index is -0.513. The molecule has 1 unspecified atom stereocenters. The van der Waals surface area contributed by atoms with Gasteiger partial charge in [0.15, 0.2) is 0 Å². The topological polar surface area (TPSA) is 26.0 Å². The van der Waals surface area contributed by atoms with Gasteiger partial charge >= 0.3 is 0 Å². The Morgan fingerprint density at radius 1 is 1.86 bits per heavy atom. The van der Waals surface area contributed by atoms with Crippen LogP contribution in [0.15, 0.2) is 0 Å². The second kappa shape index (κ2) is 2.35. The van der Waals surface area contributed by atoms with Crippen LogP contribution in [0.3, 0.4) is 0 Å². The van der Waals surface area contributed by atoms with Gasteiger partial charge < -0.3 is 5.73 Å². The summed E-state index contributed by atoms with van der Waals surface area (Å²) in [6.45, 7) is 3.80. The average Bonchev–Trinajstić information content (AvgIpc) is 1.31. The zero-order chi connectivity index (χ0) is 6.08. The number of nitrogens with two attached hydrogens (primary N) is 1. The summed E-state index contributed by atoms with van der Waals surface area (Å²) < 4.78 is 0.324. The summed E-state index contributed by atoms with van der Waals surface area (Å²) >= 11 is 2.20. The number of alkyl halides is 1. The lowest BCUT2D eigenvalue weighted by Gasteiger charge is -2.21. The van der Waals surface area contributed by atoms with Crippen LogP contribution in [0.25, 0.3) is 0 Å². The number of halogens is 1. The zero-order valence-corrected chi connectivity index (χ0v) is 6.77. The third kappa shape index (κ3) is 3.35. The van der Waals surface area contributed by atoms with E-state index in [1.807, 2.05) is 13.8 Å². The van der Waals surface area contributed by atoms with E-state index in [-0.39, 0.29) is 0 Å². The van der Waals surface area contributed by atoms with Crippen molar-refractivity contribution < 1.29 is 0 Å². The standard InChI is InChI=1S/C4H9BIN/c1-3(6)4(2,5)7/h3H,7H2,1-2H3/t3-,4?/m0/s1. The summed E-state index contributed by atoms with van der Waals surface area (Å²) in [5.41, 5.74) is 4.94. The lowest BCUT2D eigenvalue weighted by molar-refractivity contribution is 0.670. The van der Waals surface area contributed by atoms with Crippen LogP contribution in [0.1, 0.15) is 13.8 Å². The number of hydrogen-bond acceptors (Lipinski definition) is 1. The number of rotatable bonds is 1. The van der Waals surface area contributed by atoms with Crippen LogP contribution < -0.4 is 5.73 Å². The van der Waals surface area contributed by atoms with Crippen molar-refractivity contribution in [2.45, 2.75) is 23.2 Å². The molecule has 0 saturated carbocycles. The minimum absolute atomic E-state index is 0.324. The first kappa shape index (κ1) is 7.75. The predicted octanol–water partition coefficient (Wildman–Crippen LogP) is 0.653. The predicted molar refractivity (Wildman–Crippen MR) is 41.8 cm³/mol. The molecule has 2 radical (unpaired) electrons. The lowest BCUT2D eigenvalue weighted by atomic mass is 9.79. The molecule has 0 fully saturated rings. The molecule has 0 amide bonds. The quantitative estimate of drug-likeness (QED) is 0.383. The molecule has 0 aliphatic carbocycles. The van der Waals surface area contributed by atoms with E-state index in [2.05, 4.69) is 22.6 Å². The average molecular weight is 209 g/mol. The highest BCUT2D eigenvalue weighted by molar-refractivity contribution is 14.1. The van der Waals surface area contributed by atoms with Gasteiger partial charge in [-0.2, -0.15) is 0 Å². The highest BCUT2D eigenvalue weighted by Crippen LogP contribution is 2.09. The van der Waals surface area contributed by atoms with Crippen LogP contribution in [0.4, 0.5) is 0 Å². The van der Waals surface area contributed by atoms with E-state index in [0.717, 1.165) is 0 Å². The van der Waals surface area contributed by atoms with E-state index < -0.39 is 5.44 Å². The summed E-state index contributed by atoms with van der Waals surface area (Å²) in [5.74, 6) is 0. The van der Waals surface area contributed by atoms with Crippen LogP contribution in [-0.2, 0) is 0 Å². The van der Waals surface area contributed by atoms with Crippen LogP contribution in [0.2, 0.25) is 0 Å². The van der Waals surface area contributed by atoms with Crippen LogP contribution in [-0.4, -0.2) is 17.2 Å². The van der Waals surface area contributed by atoms with Gasteiger partial charge in [0.25, 0.3) is 0 Å². The first-order valence-corrected chi connectivity index (χ1v) is 3.41. The first-order chi connectivity index (χ1) is 2.94.